The van der Waals surface area contributed by atoms with Crippen LogP contribution < -0.4 is 15.4 Å². The fourth-order valence-corrected chi connectivity index (χ4v) is 3.08. The first-order valence-corrected chi connectivity index (χ1v) is 8.49. The van der Waals surface area contributed by atoms with Crippen molar-refractivity contribution >= 4 is 11.8 Å². The molecule has 0 spiro atoms. The molecule has 1 heterocycles. The van der Waals surface area contributed by atoms with Crippen molar-refractivity contribution in [1.82, 2.24) is 10.6 Å². The molecule has 0 aliphatic carbocycles. The second-order valence-electron chi connectivity index (χ2n) is 6.05. The lowest BCUT2D eigenvalue weighted by molar-refractivity contribution is -0.123. The van der Waals surface area contributed by atoms with Crippen LogP contribution in [0, 0.1) is 0 Å². The molecule has 1 unspecified atom stereocenters. The van der Waals surface area contributed by atoms with Gasteiger partial charge in [0.2, 0.25) is 5.91 Å². The molecule has 0 saturated carbocycles. The summed E-state index contributed by atoms with van der Waals surface area (Å²) in [6, 6.07) is 15.1. The number of carbonyl (C=O) groups is 2. The Hall–Kier alpha value is -2.82. The van der Waals surface area contributed by atoms with Crippen molar-refractivity contribution in [2.24, 2.45) is 0 Å². The Morgan fingerprint density at radius 3 is 2.84 bits per heavy atom. The number of benzene rings is 2. The van der Waals surface area contributed by atoms with E-state index in [0.29, 0.717) is 31.6 Å². The van der Waals surface area contributed by atoms with Gasteiger partial charge in [-0.25, -0.2) is 0 Å². The van der Waals surface area contributed by atoms with Gasteiger partial charge in [-0.1, -0.05) is 30.3 Å². The lowest BCUT2D eigenvalue weighted by atomic mass is 9.92. The first-order valence-electron chi connectivity index (χ1n) is 8.49. The SMILES string of the molecule is CNC(=O)c1cccc(CCNC(=O)C2CCOc3ccccc32)c1. The minimum atomic E-state index is -0.165. The summed E-state index contributed by atoms with van der Waals surface area (Å²) in [6.07, 6.45) is 1.37. The number of nitrogens with one attached hydrogen (secondary N) is 2. The van der Waals surface area contributed by atoms with Crippen molar-refractivity contribution in [3.05, 3.63) is 65.2 Å². The molecule has 0 fully saturated rings. The third-order valence-corrected chi connectivity index (χ3v) is 4.40. The summed E-state index contributed by atoms with van der Waals surface area (Å²) in [4.78, 5) is 24.2. The Balaban J connectivity index is 1.58. The molecular weight excluding hydrogens is 316 g/mol. The highest BCUT2D eigenvalue weighted by atomic mass is 16.5. The number of para-hydroxylation sites is 1. The molecule has 2 N–H and O–H groups in total. The van der Waals surface area contributed by atoms with Gasteiger partial charge in [0.1, 0.15) is 5.75 Å². The number of ether oxygens (including phenoxy) is 1. The molecule has 5 heteroatoms. The van der Waals surface area contributed by atoms with Crippen LogP contribution in [0.25, 0.3) is 0 Å². The van der Waals surface area contributed by atoms with Gasteiger partial charge in [0.25, 0.3) is 5.91 Å². The Morgan fingerprint density at radius 2 is 2.00 bits per heavy atom. The maximum Gasteiger partial charge on any atom is 0.251 e. The third-order valence-electron chi connectivity index (χ3n) is 4.40. The highest BCUT2D eigenvalue weighted by Crippen LogP contribution is 2.33. The Morgan fingerprint density at radius 1 is 1.16 bits per heavy atom. The van der Waals surface area contributed by atoms with Gasteiger partial charge in [-0.15, -0.1) is 0 Å². The van der Waals surface area contributed by atoms with Gasteiger partial charge >= 0.3 is 0 Å². The third kappa shape index (κ3) is 3.99. The summed E-state index contributed by atoms with van der Waals surface area (Å²) >= 11 is 0. The molecule has 25 heavy (non-hydrogen) atoms. The van der Waals surface area contributed by atoms with Crippen molar-refractivity contribution in [1.29, 1.82) is 0 Å². The molecule has 0 aromatic heterocycles. The van der Waals surface area contributed by atoms with Crippen LogP contribution in [0.3, 0.4) is 0 Å². The zero-order valence-electron chi connectivity index (χ0n) is 14.2. The Kier molecular flexibility index (Phi) is 5.33. The molecule has 0 bridgehead atoms. The molecule has 1 atom stereocenters. The number of hydrogen-bond acceptors (Lipinski definition) is 3. The summed E-state index contributed by atoms with van der Waals surface area (Å²) in [5.74, 6) is 0.553. The van der Waals surface area contributed by atoms with Crippen LogP contribution in [-0.4, -0.2) is 32.0 Å². The number of rotatable bonds is 5. The normalized spacial score (nSPS) is 15.6. The lowest BCUT2D eigenvalue weighted by Crippen LogP contribution is -2.33. The van der Waals surface area contributed by atoms with Crippen molar-refractivity contribution in [3.8, 4) is 5.75 Å². The maximum atomic E-state index is 12.5. The number of hydrogen-bond donors (Lipinski definition) is 2. The summed E-state index contributed by atoms with van der Waals surface area (Å²) in [7, 11) is 1.61. The molecule has 0 radical (unpaired) electrons. The summed E-state index contributed by atoms with van der Waals surface area (Å²) < 4.78 is 5.61. The standard InChI is InChI=1S/C20H22N2O3/c1-21-19(23)15-6-4-5-14(13-15)9-11-22-20(24)17-10-12-25-18-8-3-2-7-16(17)18/h2-8,13,17H,9-12H2,1H3,(H,21,23)(H,22,24). The van der Waals surface area contributed by atoms with E-state index in [2.05, 4.69) is 10.6 Å². The van der Waals surface area contributed by atoms with E-state index in [-0.39, 0.29) is 17.7 Å². The Labute approximate surface area is 147 Å². The summed E-state index contributed by atoms with van der Waals surface area (Å²) in [5, 5.41) is 5.62. The van der Waals surface area contributed by atoms with Gasteiger partial charge in [-0.05, 0) is 36.6 Å². The zero-order valence-corrected chi connectivity index (χ0v) is 14.2. The molecule has 0 saturated heterocycles. The molecule has 3 rings (SSSR count). The number of amides is 2. The summed E-state index contributed by atoms with van der Waals surface area (Å²) in [5.41, 5.74) is 2.60. The highest BCUT2D eigenvalue weighted by molar-refractivity contribution is 5.94. The van der Waals surface area contributed by atoms with Gasteiger partial charge in [0, 0.05) is 24.7 Å². The predicted octanol–water partition coefficient (Wildman–Crippen LogP) is 2.27. The van der Waals surface area contributed by atoms with Crippen LogP contribution in [0.2, 0.25) is 0 Å². The maximum absolute atomic E-state index is 12.5. The molecule has 2 aromatic rings. The lowest BCUT2D eigenvalue weighted by Gasteiger charge is -2.25. The molecule has 2 aromatic carbocycles. The number of carbonyl (C=O) groups excluding carboxylic acids is 2. The van der Waals surface area contributed by atoms with E-state index < -0.39 is 0 Å². The van der Waals surface area contributed by atoms with E-state index in [0.717, 1.165) is 16.9 Å². The average Bonchev–Trinajstić information content (AvgIpc) is 2.67. The van der Waals surface area contributed by atoms with E-state index >= 15 is 0 Å². The molecule has 130 valence electrons. The Bertz CT molecular complexity index is 773. The first kappa shape index (κ1) is 17.0. The highest BCUT2D eigenvalue weighted by Gasteiger charge is 2.26. The van der Waals surface area contributed by atoms with Gasteiger partial charge in [0.15, 0.2) is 0 Å². The molecule has 1 aliphatic rings. The minimum absolute atomic E-state index is 0.0261. The largest absolute Gasteiger partial charge is 0.493 e. The van der Waals surface area contributed by atoms with Crippen molar-refractivity contribution in [3.63, 3.8) is 0 Å². The average molecular weight is 338 g/mol. The number of fused-ring (bicyclic) bond motifs is 1. The van der Waals surface area contributed by atoms with Gasteiger partial charge in [-0.2, -0.15) is 0 Å². The van der Waals surface area contributed by atoms with Crippen LogP contribution in [0.15, 0.2) is 48.5 Å². The van der Waals surface area contributed by atoms with Crippen LogP contribution in [0.4, 0.5) is 0 Å². The van der Waals surface area contributed by atoms with Gasteiger partial charge in [-0.3, -0.25) is 9.59 Å². The minimum Gasteiger partial charge on any atom is -0.493 e. The van der Waals surface area contributed by atoms with Crippen LogP contribution >= 0.6 is 0 Å². The predicted molar refractivity (Wildman–Crippen MR) is 95.8 cm³/mol. The molecule has 1 aliphatic heterocycles. The first-order chi connectivity index (χ1) is 12.2. The fourth-order valence-electron chi connectivity index (χ4n) is 3.08. The fraction of sp³-hybridized carbons (Fsp3) is 0.300. The van der Waals surface area contributed by atoms with E-state index in [4.69, 9.17) is 4.74 Å². The zero-order chi connectivity index (χ0) is 17.6. The summed E-state index contributed by atoms with van der Waals surface area (Å²) in [6.45, 7) is 1.10. The van der Waals surface area contributed by atoms with Gasteiger partial charge < -0.3 is 15.4 Å². The van der Waals surface area contributed by atoms with Crippen molar-refractivity contribution in [2.75, 3.05) is 20.2 Å². The van der Waals surface area contributed by atoms with Crippen LogP contribution in [0.1, 0.15) is 33.8 Å². The topological polar surface area (TPSA) is 67.4 Å². The smallest absolute Gasteiger partial charge is 0.251 e. The van der Waals surface area contributed by atoms with E-state index in [1.54, 1.807) is 13.1 Å². The second kappa shape index (κ2) is 7.83. The van der Waals surface area contributed by atoms with E-state index in [9.17, 15) is 9.59 Å². The van der Waals surface area contributed by atoms with E-state index in [1.165, 1.54) is 0 Å². The van der Waals surface area contributed by atoms with Gasteiger partial charge in [0.05, 0.1) is 12.5 Å². The molecule has 2 amide bonds. The second-order valence-corrected chi connectivity index (χ2v) is 6.05. The van der Waals surface area contributed by atoms with Crippen molar-refractivity contribution in [2.45, 2.75) is 18.8 Å². The van der Waals surface area contributed by atoms with Crippen LogP contribution in [0.5, 0.6) is 5.75 Å². The quantitative estimate of drug-likeness (QED) is 0.879. The molecular formula is C20H22N2O3. The molecule has 5 nitrogen and oxygen atoms in total. The van der Waals surface area contributed by atoms with Crippen molar-refractivity contribution < 1.29 is 14.3 Å². The van der Waals surface area contributed by atoms with E-state index in [1.807, 2.05) is 42.5 Å². The van der Waals surface area contributed by atoms with Crippen LogP contribution in [-0.2, 0) is 11.2 Å². The monoisotopic (exact) mass is 338 g/mol.